The summed E-state index contributed by atoms with van der Waals surface area (Å²) in [6.07, 6.45) is 1.68. The molecule has 0 radical (unpaired) electrons. The van der Waals surface area contributed by atoms with Crippen molar-refractivity contribution in [1.29, 1.82) is 0 Å². The lowest BCUT2D eigenvalue weighted by atomic mass is 10.2. The van der Waals surface area contributed by atoms with E-state index in [9.17, 15) is 0 Å². The van der Waals surface area contributed by atoms with Crippen LogP contribution < -0.4 is 11.2 Å². The Morgan fingerprint density at radius 2 is 2.00 bits per heavy atom. The Morgan fingerprint density at radius 1 is 1.36 bits per heavy atom. The zero-order valence-corrected chi connectivity index (χ0v) is 8.66. The fourth-order valence-corrected chi connectivity index (χ4v) is 0.762. The van der Waals surface area contributed by atoms with Crippen LogP contribution in [-0.4, -0.2) is 19.2 Å². The smallest absolute Gasteiger partial charge is 0.209 e. The Morgan fingerprint density at radius 3 is 2.57 bits per heavy atom. The van der Waals surface area contributed by atoms with E-state index >= 15 is 0 Å². The van der Waals surface area contributed by atoms with Crippen LogP contribution in [-0.2, 0) is 0 Å². The molecule has 0 saturated carbocycles. The van der Waals surface area contributed by atoms with E-state index in [-0.39, 0.29) is 12.4 Å². The van der Waals surface area contributed by atoms with Crippen LogP contribution in [0.2, 0.25) is 0 Å². The van der Waals surface area contributed by atoms with E-state index in [1.807, 2.05) is 30.3 Å². The summed E-state index contributed by atoms with van der Waals surface area (Å²) in [6, 6.07) is 9.73. The molecule has 0 unspecified atom stereocenters. The molecule has 4 nitrogen and oxygen atoms in total. The summed E-state index contributed by atoms with van der Waals surface area (Å²) >= 11 is 0. The lowest BCUT2D eigenvalue weighted by Gasteiger charge is -1.95. The molecule has 0 fully saturated rings. The number of nitrogens with two attached hydrogens (primary N) is 1. The molecule has 0 aliphatic carbocycles. The van der Waals surface area contributed by atoms with Gasteiger partial charge in [-0.3, -0.25) is 4.99 Å². The number of benzene rings is 1. The summed E-state index contributed by atoms with van der Waals surface area (Å²) in [4.78, 5) is 3.69. The minimum atomic E-state index is 0. The van der Waals surface area contributed by atoms with E-state index in [1.54, 1.807) is 13.3 Å². The second kappa shape index (κ2) is 6.91. The minimum absolute atomic E-state index is 0. The molecule has 0 aromatic heterocycles. The van der Waals surface area contributed by atoms with E-state index in [4.69, 9.17) is 5.73 Å². The monoisotopic (exact) mass is 212 g/mol. The van der Waals surface area contributed by atoms with Crippen molar-refractivity contribution in [3.05, 3.63) is 35.9 Å². The second-order valence-corrected chi connectivity index (χ2v) is 2.39. The van der Waals surface area contributed by atoms with E-state index in [0.717, 1.165) is 5.56 Å². The van der Waals surface area contributed by atoms with Gasteiger partial charge in [-0.25, -0.2) is 5.43 Å². The van der Waals surface area contributed by atoms with Gasteiger partial charge in [0.15, 0.2) is 0 Å². The Bertz CT molecular complexity index is 308. The predicted molar refractivity (Wildman–Crippen MR) is 62.0 cm³/mol. The summed E-state index contributed by atoms with van der Waals surface area (Å²) < 4.78 is 0. The van der Waals surface area contributed by atoms with Crippen LogP contribution in [0.15, 0.2) is 40.4 Å². The molecule has 0 heterocycles. The predicted octanol–water partition coefficient (Wildman–Crippen LogP) is 0.976. The fourth-order valence-electron chi connectivity index (χ4n) is 0.762. The normalized spacial score (nSPS) is 11.1. The molecule has 0 saturated heterocycles. The largest absolute Gasteiger partial charge is 0.369 e. The van der Waals surface area contributed by atoms with Gasteiger partial charge in [0.1, 0.15) is 0 Å². The summed E-state index contributed by atoms with van der Waals surface area (Å²) in [5.74, 6) is 0.298. The third kappa shape index (κ3) is 4.47. The lowest BCUT2D eigenvalue weighted by Crippen LogP contribution is -2.26. The van der Waals surface area contributed by atoms with Gasteiger partial charge in [-0.1, -0.05) is 30.3 Å². The molecule has 76 valence electrons. The van der Waals surface area contributed by atoms with Crippen LogP contribution in [0.5, 0.6) is 0 Å². The van der Waals surface area contributed by atoms with Crippen LogP contribution in [0.3, 0.4) is 0 Å². The van der Waals surface area contributed by atoms with E-state index in [0.29, 0.717) is 5.96 Å². The number of hydrazone groups is 1. The number of nitrogens with one attached hydrogen (secondary N) is 1. The third-order valence-electron chi connectivity index (χ3n) is 1.43. The summed E-state index contributed by atoms with van der Waals surface area (Å²) in [6.45, 7) is 0. The van der Waals surface area contributed by atoms with Gasteiger partial charge < -0.3 is 5.73 Å². The molecule has 1 aromatic carbocycles. The Hall–Kier alpha value is -1.55. The van der Waals surface area contributed by atoms with Gasteiger partial charge in [-0.15, -0.1) is 12.4 Å². The molecule has 0 spiro atoms. The Balaban J connectivity index is 0.00000169. The number of aliphatic imine (C=N–C) groups is 1. The van der Waals surface area contributed by atoms with Crippen molar-refractivity contribution in [2.45, 2.75) is 0 Å². The summed E-state index contributed by atoms with van der Waals surface area (Å²) in [5, 5.41) is 3.88. The number of nitrogens with zero attached hydrogens (tertiary/aromatic N) is 2. The van der Waals surface area contributed by atoms with Crippen LogP contribution in [0.1, 0.15) is 5.56 Å². The van der Waals surface area contributed by atoms with Crippen LogP contribution in [0.4, 0.5) is 0 Å². The van der Waals surface area contributed by atoms with Gasteiger partial charge in [0.05, 0.1) is 6.21 Å². The average Bonchev–Trinajstić information content (AvgIpc) is 2.19. The molecule has 1 aromatic rings. The molecular formula is C9H13ClN4. The first kappa shape index (κ1) is 12.5. The molecule has 0 aliphatic heterocycles. The Kier molecular flexibility index (Phi) is 6.15. The molecule has 3 N–H and O–H groups in total. The molecular weight excluding hydrogens is 200 g/mol. The molecule has 0 amide bonds. The van der Waals surface area contributed by atoms with E-state index in [2.05, 4.69) is 15.5 Å². The van der Waals surface area contributed by atoms with Gasteiger partial charge >= 0.3 is 0 Å². The molecule has 0 bridgehead atoms. The van der Waals surface area contributed by atoms with Crippen molar-refractivity contribution in [2.75, 3.05) is 7.05 Å². The number of guanidine groups is 1. The topological polar surface area (TPSA) is 62.8 Å². The van der Waals surface area contributed by atoms with E-state index < -0.39 is 0 Å². The van der Waals surface area contributed by atoms with Gasteiger partial charge in [-0.2, -0.15) is 5.10 Å². The highest BCUT2D eigenvalue weighted by Gasteiger charge is 1.84. The molecule has 0 atom stereocenters. The van der Waals surface area contributed by atoms with Crippen molar-refractivity contribution < 1.29 is 0 Å². The van der Waals surface area contributed by atoms with E-state index in [1.165, 1.54) is 0 Å². The van der Waals surface area contributed by atoms with Crippen LogP contribution in [0.25, 0.3) is 0 Å². The number of halogens is 1. The summed E-state index contributed by atoms with van der Waals surface area (Å²) in [7, 11) is 1.60. The highest BCUT2D eigenvalue weighted by atomic mass is 35.5. The first-order chi connectivity index (χ1) is 6.33. The molecule has 0 aliphatic rings. The van der Waals surface area contributed by atoms with Crippen LogP contribution >= 0.6 is 12.4 Å². The first-order valence-electron chi connectivity index (χ1n) is 3.89. The van der Waals surface area contributed by atoms with Crippen molar-refractivity contribution in [3.8, 4) is 0 Å². The zero-order valence-electron chi connectivity index (χ0n) is 7.84. The molecule has 1 rings (SSSR count). The standard InChI is InChI=1S/C9H12N4.ClH/c1-11-9(10)13-12-7-8-5-3-2-4-6-8;/h2-7H,1H3,(H3,10,11,13);1H. The molecule has 14 heavy (non-hydrogen) atoms. The number of hydrogen-bond donors (Lipinski definition) is 2. The first-order valence-corrected chi connectivity index (χ1v) is 3.89. The maximum atomic E-state index is 5.36. The highest BCUT2D eigenvalue weighted by Crippen LogP contribution is 1.92. The van der Waals surface area contributed by atoms with Gasteiger partial charge in [0.2, 0.25) is 5.96 Å². The number of rotatable bonds is 2. The van der Waals surface area contributed by atoms with Crippen molar-refractivity contribution >= 4 is 24.6 Å². The maximum Gasteiger partial charge on any atom is 0.209 e. The summed E-state index contributed by atoms with van der Waals surface area (Å²) in [5.41, 5.74) is 8.95. The third-order valence-corrected chi connectivity index (χ3v) is 1.43. The minimum Gasteiger partial charge on any atom is -0.369 e. The fraction of sp³-hybridized carbons (Fsp3) is 0.111. The zero-order chi connectivity index (χ0) is 9.52. The van der Waals surface area contributed by atoms with Crippen molar-refractivity contribution in [1.82, 2.24) is 5.43 Å². The van der Waals surface area contributed by atoms with Crippen molar-refractivity contribution in [2.24, 2.45) is 15.8 Å². The molecule has 5 heteroatoms. The maximum absolute atomic E-state index is 5.36. The quantitative estimate of drug-likeness (QED) is 0.436. The van der Waals surface area contributed by atoms with Crippen molar-refractivity contribution in [3.63, 3.8) is 0 Å². The highest BCUT2D eigenvalue weighted by molar-refractivity contribution is 5.85. The SMILES string of the molecule is CN=C(N)NN=Cc1ccccc1.Cl. The van der Waals surface area contributed by atoms with Gasteiger partial charge in [0.25, 0.3) is 0 Å². The number of hydrogen-bond acceptors (Lipinski definition) is 2. The van der Waals surface area contributed by atoms with Gasteiger partial charge in [0, 0.05) is 7.05 Å². The second-order valence-electron chi connectivity index (χ2n) is 2.39. The Labute approximate surface area is 89.3 Å². The lowest BCUT2D eigenvalue weighted by molar-refractivity contribution is 1.01. The average molecular weight is 213 g/mol. The van der Waals surface area contributed by atoms with Gasteiger partial charge in [-0.05, 0) is 5.56 Å². The van der Waals surface area contributed by atoms with Crippen LogP contribution in [0, 0.1) is 0 Å².